The van der Waals surface area contributed by atoms with Crippen LogP contribution < -0.4 is 5.32 Å². The molecular weight excluding hydrogens is 324 g/mol. The van der Waals surface area contributed by atoms with Crippen molar-refractivity contribution in [3.05, 3.63) is 33.8 Å². The standard InChI is InChI=1S/C12H12Cl2F5N/c1-2-5-20-10(11(15,16)12(17,18)19)8-6-7(13)3-4-9(8)14/h3-4,6,10,20H,2,5H2,1H3. The Morgan fingerprint density at radius 3 is 2.25 bits per heavy atom. The van der Waals surface area contributed by atoms with Crippen LogP contribution in [0, 0.1) is 0 Å². The molecule has 0 aromatic heterocycles. The molecule has 114 valence electrons. The van der Waals surface area contributed by atoms with E-state index in [1.54, 1.807) is 6.92 Å². The topological polar surface area (TPSA) is 12.0 Å². The minimum absolute atomic E-state index is 0.0147. The Morgan fingerprint density at radius 1 is 1.15 bits per heavy atom. The van der Waals surface area contributed by atoms with E-state index in [0.717, 1.165) is 6.07 Å². The number of benzene rings is 1. The van der Waals surface area contributed by atoms with Gasteiger partial charge in [0.15, 0.2) is 0 Å². The van der Waals surface area contributed by atoms with E-state index in [0.29, 0.717) is 6.42 Å². The molecule has 0 heterocycles. The van der Waals surface area contributed by atoms with E-state index >= 15 is 0 Å². The number of rotatable bonds is 5. The van der Waals surface area contributed by atoms with Crippen molar-refractivity contribution in [3.63, 3.8) is 0 Å². The monoisotopic (exact) mass is 335 g/mol. The summed E-state index contributed by atoms with van der Waals surface area (Å²) >= 11 is 11.4. The molecule has 8 heteroatoms. The molecule has 0 aliphatic carbocycles. The number of nitrogens with one attached hydrogen (secondary N) is 1. The lowest BCUT2D eigenvalue weighted by Gasteiger charge is -2.30. The number of hydrogen-bond donors (Lipinski definition) is 1. The largest absolute Gasteiger partial charge is 0.455 e. The second kappa shape index (κ2) is 6.45. The van der Waals surface area contributed by atoms with Crippen LogP contribution in [0.5, 0.6) is 0 Å². The highest BCUT2D eigenvalue weighted by atomic mass is 35.5. The van der Waals surface area contributed by atoms with E-state index in [2.05, 4.69) is 5.32 Å². The van der Waals surface area contributed by atoms with E-state index in [1.165, 1.54) is 12.1 Å². The molecule has 0 fully saturated rings. The minimum Gasteiger partial charge on any atom is -0.305 e. The van der Waals surface area contributed by atoms with E-state index in [4.69, 9.17) is 23.2 Å². The maximum absolute atomic E-state index is 13.6. The second-order valence-electron chi connectivity index (χ2n) is 4.17. The predicted octanol–water partition coefficient (Wildman–Crippen LogP) is 5.23. The summed E-state index contributed by atoms with van der Waals surface area (Å²) in [6, 6.07) is 1.23. The van der Waals surface area contributed by atoms with Crippen molar-refractivity contribution in [2.75, 3.05) is 6.54 Å². The average Bonchev–Trinajstić information content (AvgIpc) is 2.32. The Bertz CT molecular complexity index is 462. The van der Waals surface area contributed by atoms with Gasteiger partial charge in [0, 0.05) is 10.0 Å². The summed E-state index contributed by atoms with van der Waals surface area (Å²) in [7, 11) is 0. The van der Waals surface area contributed by atoms with Crippen molar-refractivity contribution in [2.24, 2.45) is 0 Å². The molecule has 1 unspecified atom stereocenters. The zero-order chi connectivity index (χ0) is 15.6. The maximum Gasteiger partial charge on any atom is 0.455 e. The third-order valence-corrected chi connectivity index (χ3v) is 3.19. The summed E-state index contributed by atoms with van der Waals surface area (Å²) in [4.78, 5) is 0. The van der Waals surface area contributed by atoms with Gasteiger partial charge in [-0.3, -0.25) is 0 Å². The SMILES string of the molecule is CCCNC(c1cc(Cl)ccc1Cl)C(F)(F)C(F)(F)F. The third-order valence-electron chi connectivity index (χ3n) is 2.61. The molecule has 1 aromatic rings. The van der Waals surface area contributed by atoms with Crippen molar-refractivity contribution < 1.29 is 22.0 Å². The van der Waals surface area contributed by atoms with Crippen molar-refractivity contribution in [3.8, 4) is 0 Å². The Hall–Kier alpha value is -0.590. The van der Waals surface area contributed by atoms with Gasteiger partial charge in [-0.1, -0.05) is 30.1 Å². The van der Waals surface area contributed by atoms with Crippen molar-refractivity contribution in [1.82, 2.24) is 5.32 Å². The summed E-state index contributed by atoms with van der Waals surface area (Å²) in [5, 5.41) is 2.02. The molecule has 1 nitrogen and oxygen atoms in total. The molecule has 1 rings (SSSR count). The van der Waals surface area contributed by atoms with E-state index < -0.39 is 18.1 Å². The molecule has 0 amide bonds. The average molecular weight is 336 g/mol. The molecule has 0 aliphatic rings. The summed E-state index contributed by atoms with van der Waals surface area (Å²) in [6.07, 6.45) is -5.30. The van der Waals surface area contributed by atoms with Crippen LogP contribution in [0.1, 0.15) is 24.9 Å². The minimum atomic E-state index is -5.69. The van der Waals surface area contributed by atoms with Gasteiger partial charge in [-0.15, -0.1) is 0 Å². The first-order valence-corrected chi connectivity index (χ1v) is 6.49. The molecule has 0 spiro atoms. The highest BCUT2D eigenvalue weighted by Crippen LogP contribution is 2.46. The number of alkyl halides is 5. The fourth-order valence-electron chi connectivity index (χ4n) is 1.62. The van der Waals surface area contributed by atoms with Gasteiger partial charge in [-0.25, -0.2) is 0 Å². The highest BCUT2D eigenvalue weighted by molar-refractivity contribution is 6.33. The molecule has 0 saturated carbocycles. The van der Waals surface area contributed by atoms with Crippen LogP contribution >= 0.6 is 23.2 Å². The maximum atomic E-state index is 13.6. The van der Waals surface area contributed by atoms with Crippen LogP contribution in [0.4, 0.5) is 22.0 Å². The molecule has 0 saturated heterocycles. The first-order valence-electron chi connectivity index (χ1n) is 5.74. The first kappa shape index (κ1) is 17.5. The van der Waals surface area contributed by atoms with Gasteiger partial charge in [0.25, 0.3) is 0 Å². The quantitative estimate of drug-likeness (QED) is 0.726. The van der Waals surface area contributed by atoms with Crippen LogP contribution in [-0.2, 0) is 0 Å². The van der Waals surface area contributed by atoms with Gasteiger partial charge in [-0.2, -0.15) is 22.0 Å². The van der Waals surface area contributed by atoms with Gasteiger partial charge in [-0.05, 0) is 36.7 Å². The highest BCUT2D eigenvalue weighted by Gasteiger charge is 2.62. The summed E-state index contributed by atoms with van der Waals surface area (Å²) in [5.74, 6) is -4.96. The molecule has 1 aromatic carbocycles. The van der Waals surface area contributed by atoms with Gasteiger partial charge in [0.2, 0.25) is 0 Å². The predicted molar refractivity (Wildman–Crippen MR) is 68.5 cm³/mol. The Balaban J connectivity index is 3.28. The van der Waals surface area contributed by atoms with Crippen LogP contribution in [-0.4, -0.2) is 18.6 Å². The lowest BCUT2D eigenvalue weighted by Crippen LogP contribution is -2.48. The van der Waals surface area contributed by atoms with Crippen molar-refractivity contribution >= 4 is 23.2 Å². The summed E-state index contributed by atoms with van der Waals surface area (Å²) in [6.45, 7) is 1.63. The molecule has 0 radical (unpaired) electrons. The zero-order valence-electron chi connectivity index (χ0n) is 10.4. The van der Waals surface area contributed by atoms with Crippen molar-refractivity contribution in [2.45, 2.75) is 31.5 Å². The molecule has 1 atom stereocenters. The number of halogens is 7. The molecule has 0 bridgehead atoms. The molecular formula is C12H12Cl2F5N. The van der Waals surface area contributed by atoms with Crippen molar-refractivity contribution in [1.29, 1.82) is 0 Å². The van der Waals surface area contributed by atoms with E-state index in [-0.39, 0.29) is 22.2 Å². The normalized spacial score (nSPS) is 14.4. The zero-order valence-corrected chi connectivity index (χ0v) is 11.9. The molecule has 20 heavy (non-hydrogen) atoms. The van der Waals surface area contributed by atoms with Gasteiger partial charge >= 0.3 is 12.1 Å². The van der Waals surface area contributed by atoms with Crippen LogP contribution in [0.2, 0.25) is 10.0 Å². The van der Waals surface area contributed by atoms with Crippen LogP contribution in [0.15, 0.2) is 18.2 Å². The lowest BCUT2D eigenvalue weighted by molar-refractivity contribution is -0.294. The lowest BCUT2D eigenvalue weighted by atomic mass is 9.99. The second-order valence-corrected chi connectivity index (χ2v) is 5.02. The Kier molecular flexibility index (Phi) is 5.63. The van der Waals surface area contributed by atoms with Crippen LogP contribution in [0.25, 0.3) is 0 Å². The van der Waals surface area contributed by atoms with Gasteiger partial charge < -0.3 is 5.32 Å². The summed E-state index contributed by atoms with van der Waals surface area (Å²) < 4.78 is 64.9. The van der Waals surface area contributed by atoms with E-state index in [9.17, 15) is 22.0 Å². The smallest absolute Gasteiger partial charge is 0.305 e. The molecule has 0 aliphatic heterocycles. The number of hydrogen-bond acceptors (Lipinski definition) is 1. The molecule has 1 N–H and O–H groups in total. The fraction of sp³-hybridized carbons (Fsp3) is 0.500. The fourth-order valence-corrected chi connectivity index (χ4v) is 2.03. The van der Waals surface area contributed by atoms with Gasteiger partial charge in [0.1, 0.15) is 6.04 Å². The first-order chi connectivity index (χ1) is 9.11. The Morgan fingerprint density at radius 2 is 1.75 bits per heavy atom. The third kappa shape index (κ3) is 3.74. The van der Waals surface area contributed by atoms with E-state index in [1.807, 2.05) is 0 Å². The van der Waals surface area contributed by atoms with Crippen LogP contribution in [0.3, 0.4) is 0 Å². The Labute approximate surface area is 123 Å². The summed E-state index contributed by atoms with van der Waals surface area (Å²) in [5.41, 5.74) is -0.380. The van der Waals surface area contributed by atoms with Gasteiger partial charge in [0.05, 0.1) is 0 Å².